The zero-order valence-electron chi connectivity index (χ0n) is 13.3. The molecule has 0 amide bonds. The van der Waals surface area contributed by atoms with Crippen molar-refractivity contribution in [3.63, 3.8) is 0 Å². The first-order chi connectivity index (χ1) is 11.2. The Balaban J connectivity index is 1.83. The van der Waals surface area contributed by atoms with Gasteiger partial charge in [0.15, 0.2) is 0 Å². The third-order valence-corrected chi connectivity index (χ3v) is 4.81. The average molecular weight is 304 g/mol. The lowest BCUT2D eigenvalue weighted by molar-refractivity contribution is 0.0965. The summed E-state index contributed by atoms with van der Waals surface area (Å²) in [6.45, 7) is 2.18. The van der Waals surface area contributed by atoms with Crippen molar-refractivity contribution >= 4 is 16.8 Å². The van der Waals surface area contributed by atoms with Crippen molar-refractivity contribution in [3.05, 3.63) is 71.9 Å². The van der Waals surface area contributed by atoms with Gasteiger partial charge in [-0.05, 0) is 49.7 Å². The first-order valence-electron chi connectivity index (χ1n) is 8.12. The van der Waals surface area contributed by atoms with E-state index in [1.54, 1.807) is 0 Å². The van der Waals surface area contributed by atoms with Crippen LogP contribution < -0.4 is 0 Å². The van der Waals surface area contributed by atoms with Crippen molar-refractivity contribution in [2.75, 3.05) is 20.1 Å². The number of aromatic nitrogens is 1. The molecule has 1 aromatic heterocycles. The van der Waals surface area contributed by atoms with E-state index in [2.05, 4.69) is 30.3 Å². The fraction of sp³-hybridized carbons (Fsp3) is 0.250. The zero-order chi connectivity index (χ0) is 15.8. The van der Waals surface area contributed by atoms with Crippen molar-refractivity contribution in [1.82, 2.24) is 9.47 Å². The van der Waals surface area contributed by atoms with Gasteiger partial charge in [-0.15, -0.1) is 0 Å². The minimum atomic E-state index is 0.0411. The fourth-order valence-corrected chi connectivity index (χ4v) is 3.61. The minimum Gasteiger partial charge on any atom is -0.306 e. The molecule has 2 aromatic carbocycles. The standard InChI is InChI=1S/C20H20N2O/c1-21-12-11-16(13-21)18-14-22(19-10-6-5-9-17(18)19)20(23)15-7-3-2-4-8-15/h2-10,14,16H,11-13H2,1H3. The summed E-state index contributed by atoms with van der Waals surface area (Å²) in [5, 5.41) is 1.21. The van der Waals surface area contributed by atoms with Crippen LogP contribution >= 0.6 is 0 Å². The van der Waals surface area contributed by atoms with Crippen LogP contribution in [0.4, 0.5) is 0 Å². The lowest BCUT2D eigenvalue weighted by Gasteiger charge is -2.09. The SMILES string of the molecule is CN1CCC(c2cn(C(=O)c3ccccc3)c3ccccc23)C1. The van der Waals surface area contributed by atoms with Crippen LogP contribution in [0.3, 0.4) is 0 Å². The Bertz CT molecular complexity index is 850. The molecular weight excluding hydrogens is 284 g/mol. The molecule has 1 atom stereocenters. The van der Waals surface area contributed by atoms with E-state index in [9.17, 15) is 4.79 Å². The Labute approximate surface area is 136 Å². The lowest BCUT2D eigenvalue weighted by Crippen LogP contribution is -2.13. The summed E-state index contributed by atoms with van der Waals surface area (Å²) in [6.07, 6.45) is 3.22. The van der Waals surface area contributed by atoms with Gasteiger partial charge in [-0.3, -0.25) is 9.36 Å². The van der Waals surface area contributed by atoms with E-state index in [1.165, 1.54) is 10.9 Å². The normalized spacial score (nSPS) is 18.6. The highest BCUT2D eigenvalue weighted by Gasteiger charge is 2.25. The third kappa shape index (κ3) is 2.47. The molecule has 0 N–H and O–H groups in total. The molecule has 1 aliphatic heterocycles. The van der Waals surface area contributed by atoms with Crippen LogP contribution in [0, 0.1) is 0 Å². The summed E-state index contributed by atoms with van der Waals surface area (Å²) in [5.41, 5.74) is 3.03. The molecule has 2 heterocycles. The molecule has 116 valence electrons. The summed E-state index contributed by atoms with van der Waals surface area (Å²) in [4.78, 5) is 15.3. The highest BCUT2D eigenvalue weighted by atomic mass is 16.2. The molecule has 23 heavy (non-hydrogen) atoms. The number of hydrogen-bond acceptors (Lipinski definition) is 2. The highest BCUT2D eigenvalue weighted by Crippen LogP contribution is 2.33. The maximum absolute atomic E-state index is 12.9. The number of rotatable bonds is 2. The zero-order valence-corrected chi connectivity index (χ0v) is 13.3. The Morgan fingerprint density at radius 1 is 1.04 bits per heavy atom. The second-order valence-electron chi connectivity index (χ2n) is 6.39. The summed E-state index contributed by atoms with van der Waals surface area (Å²) >= 11 is 0. The van der Waals surface area contributed by atoms with Gasteiger partial charge >= 0.3 is 0 Å². The molecule has 1 saturated heterocycles. The maximum atomic E-state index is 12.9. The Morgan fingerprint density at radius 2 is 1.78 bits per heavy atom. The van der Waals surface area contributed by atoms with Gasteiger partial charge in [0.05, 0.1) is 5.52 Å². The number of likely N-dealkylation sites (tertiary alicyclic amines) is 1. The third-order valence-electron chi connectivity index (χ3n) is 4.81. The summed E-state index contributed by atoms with van der Waals surface area (Å²) in [5.74, 6) is 0.550. The smallest absolute Gasteiger partial charge is 0.262 e. The van der Waals surface area contributed by atoms with Crippen molar-refractivity contribution < 1.29 is 4.79 Å². The Morgan fingerprint density at radius 3 is 2.52 bits per heavy atom. The number of likely N-dealkylation sites (N-methyl/N-ethyl adjacent to an activating group) is 1. The number of benzene rings is 2. The highest BCUT2D eigenvalue weighted by molar-refractivity contribution is 6.03. The molecule has 1 fully saturated rings. The molecule has 4 rings (SSSR count). The predicted molar refractivity (Wildman–Crippen MR) is 93.0 cm³/mol. The number of carbonyl (C=O) groups excluding carboxylic acids is 1. The average Bonchev–Trinajstić information content (AvgIpc) is 3.19. The topological polar surface area (TPSA) is 25.2 Å². The molecule has 0 spiro atoms. The van der Waals surface area contributed by atoms with Crippen molar-refractivity contribution in [3.8, 4) is 0 Å². The van der Waals surface area contributed by atoms with Gasteiger partial charge in [-0.1, -0.05) is 36.4 Å². The summed E-state index contributed by atoms with van der Waals surface area (Å²) in [6, 6.07) is 17.7. The quantitative estimate of drug-likeness (QED) is 0.720. The molecular formula is C20H20N2O. The van der Waals surface area contributed by atoms with Crippen LogP contribution in [0.2, 0.25) is 0 Å². The number of para-hydroxylation sites is 1. The largest absolute Gasteiger partial charge is 0.306 e. The van der Waals surface area contributed by atoms with E-state index < -0.39 is 0 Å². The van der Waals surface area contributed by atoms with Gasteiger partial charge in [-0.2, -0.15) is 0 Å². The lowest BCUT2D eigenvalue weighted by atomic mass is 9.98. The van der Waals surface area contributed by atoms with Crippen LogP contribution in [0.5, 0.6) is 0 Å². The Kier molecular flexibility index (Phi) is 3.50. The molecule has 3 nitrogen and oxygen atoms in total. The van der Waals surface area contributed by atoms with E-state index >= 15 is 0 Å². The van der Waals surface area contributed by atoms with E-state index in [-0.39, 0.29) is 5.91 Å². The van der Waals surface area contributed by atoms with Crippen LogP contribution in [-0.4, -0.2) is 35.5 Å². The van der Waals surface area contributed by atoms with Crippen molar-refractivity contribution in [1.29, 1.82) is 0 Å². The van der Waals surface area contributed by atoms with Crippen molar-refractivity contribution in [2.24, 2.45) is 0 Å². The van der Waals surface area contributed by atoms with Gasteiger partial charge < -0.3 is 4.90 Å². The van der Waals surface area contributed by atoms with E-state index in [4.69, 9.17) is 0 Å². The molecule has 3 heteroatoms. The maximum Gasteiger partial charge on any atom is 0.262 e. The first kappa shape index (κ1) is 14.2. The van der Waals surface area contributed by atoms with Gasteiger partial charge in [0.25, 0.3) is 5.91 Å². The summed E-state index contributed by atoms with van der Waals surface area (Å²) in [7, 11) is 2.16. The molecule has 0 saturated carbocycles. The first-order valence-corrected chi connectivity index (χ1v) is 8.12. The number of nitrogens with zero attached hydrogens (tertiary/aromatic N) is 2. The second kappa shape index (κ2) is 5.67. The van der Waals surface area contributed by atoms with Crippen molar-refractivity contribution in [2.45, 2.75) is 12.3 Å². The van der Waals surface area contributed by atoms with Gasteiger partial charge in [0, 0.05) is 23.7 Å². The molecule has 1 unspecified atom stereocenters. The fourth-order valence-electron chi connectivity index (χ4n) is 3.61. The van der Waals surface area contributed by atoms with Gasteiger partial charge in [0.1, 0.15) is 0 Å². The molecule has 0 bridgehead atoms. The van der Waals surface area contributed by atoms with Gasteiger partial charge in [-0.25, -0.2) is 0 Å². The number of hydrogen-bond donors (Lipinski definition) is 0. The molecule has 0 aliphatic carbocycles. The second-order valence-corrected chi connectivity index (χ2v) is 6.39. The Hall–Kier alpha value is -2.39. The van der Waals surface area contributed by atoms with Crippen LogP contribution in [0.25, 0.3) is 10.9 Å². The van der Waals surface area contributed by atoms with Crippen LogP contribution in [-0.2, 0) is 0 Å². The molecule has 0 radical (unpaired) electrons. The minimum absolute atomic E-state index is 0.0411. The van der Waals surface area contributed by atoms with E-state index in [0.29, 0.717) is 5.92 Å². The van der Waals surface area contributed by atoms with Crippen LogP contribution in [0.1, 0.15) is 28.3 Å². The summed E-state index contributed by atoms with van der Waals surface area (Å²) < 4.78 is 1.82. The van der Waals surface area contributed by atoms with Crippen LogP contribution in [0.15, 0.2) is 60.8 Å². The number of fused-ring (bicyclic) bond motifs is 1. The van der Waals surface area contributed by atoms with Gasteiger partial charge in [0.2, 0.25) is 0 Å². The molecule has 3 aromatic rings. The predicted octanol–water partition coefficient (Wildman–Crippen LogP) is 3.75. The van der Waals surface area contributed by atoms with E-state index in [0.717, 1.165) is 30.6 Å². The van der Waals surface area contributed by atoms with E-state index in [1.807, 2.05) is 47.0 Å². The number of carbonyl (C=O) groups is 1. The molecule has 1 aliphatic rings. The monoisotopic (exact) mass is 304 g/mol.